The third-order valence-corrected chi connectivity index (χ3v) is 5.79. The van der Waals surface area contributed by atoms with E-state index in [1.165, 1.54) is 12.1 Å². The minimum atomic E-state index is -0.708. The van der Waals surface area contributed by atoms with Crippen molar-refractivity contribution in [1.82, 2.24) is 15.1 Å². The van der Waals surface area contributed by atoms with Gasteiger partial charge in [0, 0.05) is 19.0 Å². The van der Waals surface area contributed by atoms with Crippen LogP contribution in [0.1, 0.15) is 52.9 Å². The Morgan fingerprint density at radius 3 is 2.72 bits per heavy atom. The Kier molecular flexibility index (Phi) is 7.75. The molecule has 8 heteroatoms. The highest BCUT2D eigenvalue weighted by Gasteiger charge is 2.24. The average Bonchev–Trinajstić information content (AvgIpc) is 2.76. The molecule has 0 saturated heterocycles. The van der Waals surface area contributed by atoms with Gasteiger partial charge in [-0.15, -0.1) is 9.24 Å². The van der Waals surface area contributed by atoms with E-state index in [1.54, 1.807) is 11.0 Å². The van der Waals surface area contributed by atoms with Crippen molar-refractivity contribution in [2.75, 3.05) is 13.1 Å². The molecule has 2 aromatic carbocycles. The fraction of sp³-hybridized carbons (Fsp3) is 0.292. The molecular formula is C24H27FN3O3P. The molecule has 0 aliphatic carbocycles. The van der Waals surface area contributed by atoms with E-state index in [0.29, 0.717) is 25.9 Å². The smallest absolute Gasteiger partial charge is 0.275 e. The maximum atomic E-state index is 13.7. The summed E-state index contributed by atoms with van der Waals surface area (Å²) < 4.78 is 13.7. The van der Waals surface area contributed by atoms with E-state index < -0.39 is 17.1 Å². The lowest BCUT2D eigenvalue weighted by atomic mass is 9.86. The molecule has 0 radical (unpaired) electrons. The molecule has 1 heterocycles. The van der Waals surface area contributed by atoms with Gasteiger partial charge in [-0.05, 0) is 53.9 Å². The minimum absolute atomic E-state index is 0.0650. The Bertz CT molecular complexity index is 1170. The normalized spacial score (nSPS) is 11.9. The highest BCUT2D eigenvalue weighted by atomic mass is 31.0. The molecule has 0 aliphatic rings. The van der Waals surface area contributed by atoms with Crippen molar-refractivity contribution >= 4 is 20.5 Å². The first kappa shape index (κ1) is 23.6. The summed E-state index contributed by atoms with van der Waals surface area (Å²) in [6.45, 7) is 4.66. The molecule has 168 valence electrons. The number of nitrogens with zero attached hydrogens (tertiary/aromatic N) is 2. The number of amides is 1. The highest BCUT2D eigenvalue weighted by Crippen LogP contribution is 2.31. The number of aromatic nitrogens is 2. The number of aromatic hydroxyl groups is 1. The first-order chi connectivity index (χ1) is 15.3. The van der Waals surface area contributed by atoms with E-state index in [-0.39, 0.29) is 17.4 Å². The van der Waals surface area contributed by atoms with Gasteiger partial charge in [-0.25, -0.2) is 4.39 Å². The zero-order valence-corrected chi connectivity index (χ0v) is 19.3. The molecule has 3 rings (SSSR count). The summed E-state index contributed by atoms with van der Waals surface area (Å²) in [5.41, 5.74) is 1.97. The number of hydrogen-bond donors (Lipinski definition) is 2. The molecule has 2 atom stereocenters. The summed E-state index contributed by atoms with van der Waals surface area (Å²) in [5, 5.41) is 17.2. The van der Waals surface area contributed by atoms with Gasteiger partial charge in [0.15, 0.2) is 11.4 Å². The van der Waals surface area contributed by atoms with Crippen molar-refractivity contribution < 1.29 is 14.3 Å². The van der Waals surface area contributed by atoms with Crippen LogP contribution in [0.15, 0.2) is 53.5 Å². The Balaban J connectivity index is 1.93. The number of benzene rings is 2. The number of carbonyl (C=O) groups excluding carboxylic acids is 1. The second-order valence-electron chi connectivity index (χ2n) is 7.76. The van der Waals surface area contributed by atoms with Gasteiger partial charge < -0.3 is 10.0 Å². The van der Waals surface area contributed by atoms with Crippen molar-refractivity contribution in [3.8, 4) is 5.75 Å². The Morgan fingerprint density at radius 1 is 1.25 bits per heavy atom. The Hall–Kier alpha value is -3.05. The average molecular weight is 455 g/mol. The van der Waals surface area contributed by atoms with Gasteiger partial charge in [-0.1, -0.05) is 37.3 Å². The standard InChI is InChI=1S/C24H27FN3O3P/c1-3-10-28(24(31)22-23(30)21(29)14-26-27-22)11-9-20(16-5-4-6-18(32)13-16)19-8-7-17(25)12-15(19)2/h4-8,12-14,20H,3,9-11,32H2,1-2H3,(H,26,30)(H,27,29). The fourth-order valence-electron chi connectivity index (χ4n) is 3.88. The van der Waals surface area contributed by atoms with Crippen LogP contribution in [0.5, 0.6) is 5.75 Å². The van der Waals surface area contributed by atoms with Gasteiger partial charge in [-0.3, -0.25) is 14.7 Å². The lowest BCUT2D eigenvalue weighted by Gasteiger charge is -2.26. The Morgan fingerprint density at radius 2 is 2.03 bits per heavy atom. The third kappa shape index (κ3) is 5.40. The predicted molar refractivity (Wildman–Crippen MR) is 126 cm³/mol. The molecule has 0 bridgehead atoms. The van der Waals surface area contributed by atoms with Gasteiger partial charge in [0.1, 0.15) is 5.82 Å². The summed E-state index contributed by atoms with van der Waals surface area (Å²) in [5.74, 6) is -1.47. The van der Waals surface area contributed by atoms with Crippen LogP contribution in [-0.4, -0.2) is 39.2 Å². The molecule has 2 N–H and O–H groups in total. The number of halogens is 1. The van der Waals surface area contributed by atoms with Gasteiger partial charge >= 0.3 is 0 Å². The molecule has 3 aromatic rings. The van der Waals surface area contributed by atoms with Crippen LogP contribution in [0.2, 0.25) is 0 Å². The van der Waals surface area contributed by atoms with E-state index >= 15 is 0 Å². The van der Waals surface area contributed by atoms with E-state index in [1.807, 2.05) is 32.0 Å². The van der Waals surface area contributed by atoms with Gasteiger partial charge in [-0.2, -0.15) is 5.10 Å². The molecule has 0 saturated carbocycles. The molecule has 1 aromatic heterocycles. The highest BCUT2D eigenvalue weighted by molar-refractivity contribution is 7.27. The minimum Gasteiger partial charge on any atom is -0.502 e. The van der Waals surface area contributed by atoms with Gasteiger partial charge in [0.25, 0.3) is 5.91 Å². The topological polar surface area (TPSA) is 86.3 Å². The number of aromatic amines is 1. The SMILES string of the molecule is CCCN(CCC(c1cccc(P)c1)c1ccc(F)cc1C)C(=O)c1[nH]ncc(=O)c1O. The fourth-order valence-corrected chi connectivity index (χ4v) is 4.18. The molecule has 0 aliphatic heterocycles. The number of hydrogen-bond acceptors (Lipinski definition) is 4. The van der Waals surface area contributed by atoms with Crippen molar-refractivity contribution in [3.05, 3.63) is 87.1 Å². The summed E-state index contributed by atoms with van der Waals surface area (Å²) in [4.78, 5) is 26.4. The largest absolute Gasteiger partial charge is 0.502 e. The van der Waals surface area contributed by atoms with Crippen molar-refractivity contribution in [1.29, 1.82) is 0 Å². The van der Waals surface area contributed by atoms with Gasteiger partial charge in [0.05, 0.1) is 6.20 Å². The molecule has 0 spiro atoms. The number of nitrogens with one attached hydrogen (secondary N) is 1. The van der Waals surface area contributed by atoms with E-state index in [9.17, 15) is 19.1 Å². The first-order valence-electron chi connectivity index (χ1n) is 10.5. The van der Waals surface area contributed by atoms with Crippen LogP contribution in [0.3, 0.4) is 0 Å². The monoisotopic (exact) mass is 455 g/mol. The zero-order chi connectivity index (χ0) is 23.3. The van der Waals surface area contributed by atoms with E-state index in [4.69, 9.17) is 0 Å². The van der Waals surface area contributed by atoms with Crippen LogP contribution in [0.4, 0.5) is 4.39 Å². The first-order valence-corrected chi connectivity index (χ1v) is 11.1. The molecular weight excluding hydrogens is 428 g/mol. The van der Waals surface area contributed by atoms with Crippen LogP contribution in [-0.2, 0) is 0 Å². The number of carbonyl (C=O) groups is 1. The molecule has 1 amide bonds. The quantitative estimate of drug-likeness (QED) is 0.509. The molecule has 0 fully saturated rings. The Labute approximate surface area is 188 Å². The van der Waals surface area contributed by atoms with Crippen molar-refractivity contribution in [2.45, 2.75) is 32.6 Å². The summed E-state index contributed by atoms with van der Waals surface area (Å²) in [7, 11) is 2.68. The summed E-state index contributed by atoms with van der Waals surface area (Å²) in [6.07, 6.45) is 2.22. The lowest BCUT2D eigenvalue weighted by Crippen LogP contribution is -2.35. The van der Waals surface area contributed by atoms with Crippen molar-refractivity contribution in [3.63, 3.8) is 0 Å². The van der Waals surface area contributed by atoms with Crippen LogP contribution >= 0.6 is 9.24 Å². The van der Waals surface area contributed by atoms with Gasteiger partial charge in [0.2, 0.25) is 5.43 Å². The number of aryl methyl sites for hydroxylation is 1. The number of H-pyrrole nitrogens is 1. The maximum Gasteiger partial charge on any atom is 0.275 e. The maximum absolute atomic E-state index is 13.7. The van der Waals surface area contributed by atoms with Crippen LogP contribution in [0.25, 0.3) is 0 Å². The predicted octanol–water partition coefficient (Wildman–Crippen LogP) is 3.50. The summed E-state index contributed by atoms with van der Waals surface area (Å²) in [6, 6.07) is 12.8. The van der Waals surface area contributed by atoms with E-state index in [2.05, 4.69) is 25.5 Å². The van der Waals surface area contributed by atoms with Crippen molar-refractivity contribution in [2.24, 2.45) is 0 Å². The zero-order valence-electron chi connectivity index (χ0n) is 18.1. The van der Waals surface area contributed by atoms with Crippen LogP contribution < -0.4 is 10.7 Å². The molecule has 6 nitrogen and oxygen atoms in total. The second-order valence-corrected chi connectivity index (χ2v) is 8.43. The second kappa shape index (κ2) is 10.5. The van der Waals surface area contributed by atoms with E-state index in [0.717, 1.165) is 28.2 Å². The molecule has 2 unspecified atom stereocenters. The third-order valence-electron chi connectivity index (χ3n) is 5.43. The lowest BCUT2D eigenvalue weighted by molar-refractivity contribution is 0.0741. The number of rotatable bonds is 8. The summed E-state index contributed by atoms with van der Waals surface area (Å²) >= 11 is 0. The molecule has 32 heavy (non-hydrogen) atoms. The van der Waals surface area contributed by atoms with Crippen LogP contribution in [0, 0.1) is 12.7 Å².